The topological polar surface area (TPSA) is 115 Å². The quantitative estimate of drug-likeness (QED) is 0.208. The predicted octanol–water partition coefficient (Wildman–Crippen LogP) is 5.97. The molecule has 0 bridgehead atoms. The van der Waals surface area contributed by atoms with E-state index in [1.165, 1.54) is 24.8 Å². The van der Waals surface area contributed by atoms with Crippen LogP contribution in [0.25, 0.3) is 0 Å². The van der Waals surface area contributed by atoms with Gasteiger partial charge in [-0.1, -0.05) is 42.5 Å². The fraction of sp³-hybridized carbons (Fsp3) is 0.500. The number of esters is 1. The van der Waals surface area contributed by atoms with Gasteiger partial charge in [0.25, 0.3) is 0 Å². The molecule has 1 saturated carbocycles. The van der Waals surface area contributed by atoms with Gasteiger partial charge in [-0.15, -0.1) is 0 Å². The van der Waals surface area contributed by atoms with Crippen LogP contribution in [0.15, 0.2) is 60.8 Å². The van der Waals surface area contributed by atoms with Crippen LogP contribution in [0.3, 0.4) is 0 Å². The Morgan fingerprint density at radius 2 is 1.85 bits per heavy atom. The number of hydrogen-bond donors (Lipinski definition) is 2. The lowest BCUT2D eigenvalue weighted by Gasteiger charge is -2.26. The van der Waals surface area contributed by atoms with E-state index in [0.29, 0.717) is 30.9 Å². The Balaban J connectivity index is 1.22. The summed E-state index contributed by atoms with van der Waals surface area (Å²) >= 11 is 0. The van der Waals surface area contributed by atoms with Crippen molar-refractivity contribution in [3.63, 3.8) is 0 Å². The van der Waals surface area contributed by atoms with E-state index in [1.54, 1.807) is 24.3 Å². The third kappa shape index (κ3) is 9.19. The Hall–Kier alpha value is -4.18. The molecule has 2 aromatic heterocycles. The van der Waals surface area contributed by atoms with Gasteiger partial charge in [0.15, 0.2) is 0 Å². The highest BCUT2D eigenvalue weighted by Gasteiger charge is 2.47. The first-order valence-electron chi connectivity index (χ1n) is 16.3. The number of ether oxygens (including phenoxy) is 3. The smallest absolute Gasteiger partial charge is 0.410 e. The van der Waals surface area contributed by atoms with E-state index in [1.807, 2.05) is 57.2 Å². The lowest BCUT2D eigenvalue weighted by Crippen LogP contribution is -2.39. The average molecular weight is 630 g/mol. The van der Waals surface area contributed by atoms with Gasteiger partial charge in [-0.2, -0.15) is 0 Å². The van der Waals surface area contributed by atoms with Crippen molar-refractivity contribution in [2.45, 2.75) is 83.0 Å². The van der Waals surface area contributed by atoms with Gasteiger partial charge in [0, 0.05) is 61.2 Å². The van der Waals surface area contributed by atoms with Crippen LogP contribution in [0.2, 0.25) is 0 Å². The Kier molecular flexibility index (Phi) is 10.8. The van der Waals surface area contributed by atoms with Crippen molar-refractivity contribution in [2.24, 2.45) is 0 Å². The largest absolute Gasteiger partial charge is 0.481 e. The average Bonchev–Trinajstić information content (AvgIpc) is 3.81. The molecule has 3 heterocycles. The number of nitrogens with one attached hydrogen (secondary N) is 2. The molecule has 5 rings (SSSR count). The van der Waals surface area contributed by atoms with Gasteiger partial charge in [0.1, 0.15) is 18.0 Å². The SMILES string of the molecule is COc1ccc([C@H](CC(=O)OC(C)(C)C)NCCN(CCCc2ccc3c(n2)NCCC32CC2)C(=O)OCc2ccccc2)cn1. The minimum atomic E-state index is -0.596. The number of methoxy groups -OCH3 is 1. The van der Waals surface area contributed by atoms with Gasteiger partial charge >= 0.3 is 12.1 Å². The van der Waals surface area contributed by atoms with Crippen LogP contribution < -0.4 is 15.4 Å². The standard InChI is InChI=1S/C36H47N5O5/c1-35(2,3)46-32(42)23-30(27-12-15-31(44-4)39-24-27)37-20-22-41(34(43)45-25-26-9-6-5-7-10-26)21-8-11-28-13-14-29-33(40-28)38-19-18-36(29)16-17-36/h5-7,9-10,12-15,24,30,37H,8,11,16-23,25H2,1-4H3,(H,38,40)/t30-/m0/s1. The van der Waals surface area contributed by atoms with E-state index in [4.69, 9.17) is 19.2 Å². The summed E-state index contributed by atoms with van der Waals surface area (Å²) in [7, 11) is 1.56. The second-order valence-electron chi connectivity index (χ2n) is 13.2. The van der Waals surface area contributed by atoms with Crippen LogP contribution >= 0.6 is 0 Å². The minimum absolute atomic E-state index is 0.114. The van der Waals surface area contributed by atoms with E-state index in [0.717, 1.165) is 42.0 Å². The van der Waals surface area contributed by atoms with Crippen LogP contribution in [0, 0.1) is 0 Å². The molecular formula is C36H47N5O5. The van der Waals surface area contributed by atoms with Crippen LogP contribution in [0.5, 0.6) is 5.88 Å². The molecule has 246 valence electrons. The molecule has 1 atom stereocenters. The van der Waals surface area contributed by atoms with Crippen molar-refractivity contribution in [1.82, 2.24) is 20.2 Å². The maximum absolute atomic E-state index is 13.3. The Morgan fingerprint density at radius 1 is 1.04 bits per heavy atom. The molecule has 0 saturated heterocycles. The highest BCUT2D eigenvalue weighted by atomic mass is 16.6. The van der Waals surface area contributed by atoms with Crippen molar-refractivity contribution in [3.8, 4) is 5.88 Å². The number of fused-ring (bicyclic) bond motifs is 2. The molecule has 2 N–H and O–H groups in total. The zero-order valence-corrected chi connectivity index (χ0v) is 27.5. The number of anilines is 1. The van der Waals surface area contributed by atoms with Crippen molar-refractivity contribution >= 4 is 17.9 Å². The number of rotatable bonds is 14. The van der Waals surface area contributed by atoms with E-state index in [-0.39, 0.29) is 31.1 Å². The highest BCUT2D eigenvalue weighted by Crippen LogP contribution is 2.54. The molecule has 2 aliphatic rings. The number of benzene rings is 1. The predicted molar refractivity (Wildman–Crippen MR) is 177 cm³/mol. The van der Waals surface area contributed by atoms with Crippen LogP contribution in [0.1, 0.15) is 81.3 Å². The second-order valence-corrected chi connectivity index (χ2v) is 13.2. The zero-order chi connectivity index (χ0) is 32.6. The number of carbonyl (C=O) groups is 2. The number of aryl methyl sites for hydroxylation is 1. The van der Waals surface area contributed by atoms with Gasteiger partial charge in [-0.3, -0.25) is 4.79 Å². The molecular weight excluding hydrogens is 582 g/mol. The first-order valence-corrected chi connectivity index (χ1v) is 16.3. The number of nitrogens with zero attached hydrogens (tertiary/aromatic N) is 3. The van der Waals surface area contributed by atoms with Gasteiger partial charge in [0.05, 0.1) is 13.5 Å². The van der Waals surface area contributed by atoms with E-state index >= 15 is 0 Å². The van der Waals surface area contributed by atoms with Gasteiger partial charge in [-0.25, -0.2) is 14.8 Å². The third-order valence-electron chi connectivity index (χ3n) is 8.53. The number of carbonyl (C=O) groups excluding carboxylic acids is 2. The molecule has 0 radical (unpaired) electrons. The van der Waals surface area contributed by atoms with Gasteiger partial charge < -0.3 is 29.7 Å². The number of pyridine rings is 2. The normalized spacial score (nSPS) is 15.3. The molecule has 1 aromatic carbocycles. The Bertz CT molecular complexity index is 1450. The summed E-state index contributed by atoms with van der Waals surface area (Å²) in [6.45, 7) is 8.04. The number of aromatic nitrogens is 2. The van der Waals surface area contributed by atoms with Crippen LogP contribution in [-0.4, -0.2) is 65.8 Å². The summed E-state index contributed by atoms with van der Waals surface area (Å²) < 4.78 is 16.5. The molecule has 10 heteroatoms. The number of hydrogen-bond acceptors (Lipinski definition) is 9. The van der Waals surface area contributed by atoms with E-state index < -0.39 is 5.60 Å². The van der Waals surface area contributed by atoms with Crippen molar-refractivity contribution in [1.29, 1.82) is 0 Å². The summed E-state index contributed by atoms with van der Waals surface area (Å²) in [5, 5.41) is 6.94. The van der Waals surface area contributed by atoms with E-state index in [9.17, 15) is 9.59 Å². The maximum Gasteiger partial charge on any atom is 0.410 e. The molecule has 46 heavy (non-hydrogen) atoms. The fourth-order valence-electron chi connectivity index (χ4n) is 5.93. The molecule has 10 nitrogen and oxygen atoms in total. The van der Waals surface area contributed by atoms with Gasteiger partial charge in [0.2, 0.25) is 5.88 Å². The molecule has 3 aromatic rings. The fourth-order valence-corrected chi connectivity index (χ4v) is 5.93. The van der Waals surface area contributed by atoms with E-state index in [2.05, 4.69) is 27.8 Å². The molecule has 1 aliphatic heterocycles. The lowest BCUT2D eigenvalue weighted by molar-refractivity contribution is -0.155. The summed E-state index contributed by atoms with van der Waals surface area (Å²) in [6, 6.07) is 17.3. The number of amides is 1. The molecule has 1 amide bonds. The third-order valence-corrected chi connectivity index (χ3v) is 8.53. The van der Waals surface area contributed by atoms with Crippen molar-refractivity contribution in [2.75, 3.05) is 38.6 Å². The van der Waals surface area contributed by atoms with Crippen molar-refractivity contribution in [3.05, 3.63) is 83.2 Å². The zero-order valence-electron chi connectivity index (χ0n) is 27.5. The Morgan fingerprint density at radius 3 is 2.54 bits per heavy atom. The molecule has 0 unspecified atom stereocenters. The molecule has 1 aliphatic carbocycles. The van der Waals surface area contributed by atoms with Crippen LogP contribution in [-0.2, 0) is 32.7 Å². The first kappa shape index (κ1) is 33.2. The summed E-state index contributed by atoms with van der Waals surface area (Å²) in [4.78, 5) is 37.1. The van der Waals surface area contributed by atoms with Crippen molar-refractivity contribution < 1.29 is 23.8 Å². The highest BCUT2D eigenvalue weighted by molar-refractivity contribution is 5.71. The lowest BCUT2D eigenvalue weighted by atomic mass is 9.90. The second kappa shape index (κ2) is 14.9. The molecule has 1 fully saturated rings. The maximum atomic E-state index is 13.3. The monoisotopic (exact) mass is 629 g/mol. The first-order chi connectivity index (χ1) is 22.1. The summed E-state index contributed by atoms with van der Waals surface area (Å²) in [6.07, 6.45) is 6.60. The minimum Gasteiger partial charge on any atom is -0.481 e. The van der Waals surface area contributed by atoms with Gasteiger partial charge in [-0.05, 0) is 70.1 Å². The summed E-state index contributed by atoms with van der Waals surface area (Å²) in [5.74, 6) is 1.19. The van der Waals surface area contributed by atoms with Crippen LogP contribution in [0.4, 0.5) is 10.6 Å². The Labute approximate surface area is 272 Å². The summed E-state index contributed by atoms with van der Waals surface area (Å²) in [5.41, 5.74) is 3.88. The molecule has 1 spiro atoms.